The Kier molecular flexibility index (Phi) is 5.64. The molecule has 1 aromatic carbocycles. The van der Waals surface area contributed by atoms with Crippen molar-refractivity contribution in [3.05, 3.63) is 61.4 Å². The van der Waals surface area contributed by atoms with E-state index >= 15 is 0 Å². The third-order valence-electron chi connectivity index (χ3n) is 7.11. The molecular weight excluding hydrogens is 438 g/mol. The fraction of sp³-hybridized carbons (Fsp3) is 0.370. The lowest BCUT2D eigenvalue weighted by atomic mass is 9.85. The molecule has 178 valence electrons. The van der Waals surface area contributed by atoms with Crippen LogP contribution >= 0.6 is 0 Å². The maximum Gasteiger partial charge on any atom is 0.223 e. The standard InChI is InChI=1S/C27H29N7O/c1-33-16-22(14-30-33)19-3-2-4-20(11-19)26-28-12-21(13-29-26)23-15-31-34(17-23)25-9-5-18(6-10-25)27(35)32-24-7-8-24/h2-4,11-18,24-25H,5-10H2,1H3,(H,32,35)/t18-,25-. The van der Waals surface area contributed by atoms with Gasteiger partial charge in [-0.1, -0.05) is 18.2 Å². The summed E-state index contributed by atoms with van der Waals surface area (Å²) >= 11 is 0. The smallest absolute Gasteiger partial charge is 0.223 e. The van der Waals surface area contributed by atoms with Crippen LogP contribution in [-0.2, 0) is 11.8 Å². The van der Waals surface area contributed by atoms with Crippen molar-refractivity contribution in [3.63, 3.8) is 0 Å². The Morgan fingerprint density at radius 3 is 2.26 bits per heavy atom. The Balaban J connectivity index is 1.12. The molecule has 0 spiro atoms. The van der Waals surface area contributed by atoms with Gasteiger partial charge in [0.2, 0.25) is 5.91 Å². The molecule has 0 atom stereocenters. The zero-order valence-corrected chi connectivity index (χ0v) is 19.8. The molecule has 1 amide bonds. The summed E-state index contributed by atoms with van der Waals surface area (Å²) in [6.45, 7) is 0. The van der Waals surface area contributed by atoms with Gasteiger partial charge in [0, 0.05) is 66.0 Å². The van der Waals surface area contributed by atoms with Crippen molar-refractivity contribution >= 4 is 5.91 Å². The van der Waals surface area contributed by atoms with E-state index in [0.29, 0.717) is 17.9 Å². The highest BCUT2D eigenvalue weighted by Crippen LogP contribution is 2.34. The highest BCUT2D eigenvalue weighted by atomic mass is 16.2. The van der Waals surface area contributed by atoms with Crippen molar-refractivity contribution in [1.29, 1.82) is 0 Å². The number of hydrogen-bond donors (Lipinski definition) is 1. The molecule has 2 aliphatic carbocycles. The SMILES string of the molecule is Cn1cc(-c2cccc(-c3ncc(-c4cnn([C@H]5CC[C@H](C(=O)NC6CC6)CC5)c4)cn3)c2)cn1. The molecule has 3 heterocycles. The molecule has 8 nitrogen and oxygen atoms in total. The first-order valence-electron chi connectivity index (χ1n) is 12.4. The van der Waals surface area contributed by atoms with E-state index < -0.39 is 0 Å². The van der Waals surface area contributed by atoms with Crippen LogP contribution in [0.15, 0.2) is 61.4 Å². The molecule has 1 N–H and O–H groups in total. The Morgan fingerprint density at radius 1 is 0.829 bits per heavy atom. The molecule has 0 bridgehead atoms. The fourth-order valence-corrected chi connectivity index (χ4v) is 4.87. The van der Waals surface area contributed by atoms with Crippen LogP contribution in [0.1, 0.15) is 44.6 Å². The van der Waals surface area contributed by atoms with Gasteiger partial charge in [0.05, 0.1) is 18.4 Å². The van der Waals surface area contributed by atoms with Gasteiger partial charge in [0.1, 0.15) is 0 Å². The van der Waals surface area contributed by atoms with Gasteiger partial charge in [0.25, 0.3) is 0 Å². The molecule has 0 aliphatic heterocycles. The van der Waals surface area contributed by atoms with Crippen LogP contribution < -0.4 is 5.32 Å². The number of nitrogens with zero attached hydrogens (tertiary/aromatic N) is 6. The average Bonchev–Trinajstić information content (AvgIpc) is 3.38. The zero-order valence-electron chi connectivity index (χ0n) is 19.8. The third-order valence-corrected chi connectivity index (χ3v) is 7.11. The topological polar surface area (TPSA) is 90.5 Å². The summed E-state index contributed by atoms with van der Waals surface area (Å²) in [5, 5.41) is 12.0. The monoisotopic (exact) mass is 467 g/mol. The second-order valence-corrected chi connectivity index (χ2v) is 9.78. The van der Waals surface area contributed by atoms with E-state index in [-0.39, 0.29) is 11.8 Å². The van der Waals surface area contributed by atoms with Crippen LogP contribution in [0.3, 0.4) is 0 Å². The molecule has 0 unspecified atom stereocenters. The highest BCUT2D eigenvalue weighted by molar-refractivity contribution is 5.79. The molecule has 0 radical (unpaired) electrons. The summed E-state index contributed by atoms with van der Waals surface area (Å²) in [5.41, 5.74) is 5.08. The summed E-state index contributed by atoms with van der Waals surface area (Å²) in [7, 11) is 1.91. The van der Waals surface area contributed by atoms with E-state index in [2.05, 4.69) is 48.5 Å². The van der Waals surface area contributed by atoms with E-state index in [9.17, 15) is 4.79 Å². The number of nitrogens with one attached hydrogen (secondary N) is 1. The number of benzene rings is 1. The maximum absolute atomic E-state index is 12.4. The number of amides is 1. The predicted octanol–water partition coefficient (Wildman–Crippen LogP) is 4.42. The Bertz CT molecular complexity index is 1330. The van der Waals surface area contributed by atoms with Crippen LogP contribution in [0, 0.1) is 5.92 Å². The fourth-order valence-electron chi connectivity index (χ4n) is 4.87. The van der Waals surface area contributed by atoms with Crippen molar-refractivity contribution in [3.8, 4) is 33.6 Å². The Labute approximate surface area is 204 Å². The van der Waals surface area contributed by atoms with Gasteiger partial charge >= 0.3 is 0 Å². The van der Waals surface area contributed by atoms with Gasteiger partial charge in [-0.2, -0.15) is 10.2 Å². The zero-order chi connectivity index (χ0) is 23.8. The van der Waals surface area contributed by atoms with Crippen molar-refractivity contribution < 1.29 is 4.79 Å². The molecular formula is C27H29N7O. The van der Waals surface area contributed by atoms with Gasteiger partial charge in [-0.25, -0.2) is 9.97 Å². The van der Waals surface area contributed by atoms with Gasteiger partial charge in [0.15, 0.2) is 5.82 Å². The Hall–Kier alpha value is -3.81. The number of aromatic nitrogens is 6. The second kappa shape index (κ2) is 9.09. The van der Waals surface area contributed by atoms with Crippen LogP contribution in [0.4, 0.5) is 0 Å². The van der Waals surface area contributed by atoms with Crippen LogP contribution in [0.5, 0.6) is 0 Å². The molecule has 3 aromatic heterocycles. The number of rotatable bonds is 6. The van der Waals surface area contributed by atoms with Crippen LogP contribution in [-0.4, -0.2) is 41.5 Å². The minimum absolute atomic E-state index is 0.152. The quantitative estimate of drug-likeness (QED) is 0.453. The molecule has 8 heteroatoms. The molecule has 2 fully saturated rings. The van der Waals surface area contributed by atoms with Crippen molar-refractivity contribution in [2.45, 2.75) is 50.6 Å². The first-order valence-corrected chi connectivity index (χ1v) is 12.4. The summed E-state index contributed by atoms with van der Waals surface area (Å²) < 4.78 is 3.85. The molecule has 2 aliphatic rings. The second-order valence-electron chi connectivity index (χ2n) is 9.78. The molecule has 35 heavy (non-hydrogen) atoms. The van der Waals surface area contributed by atoms with E-state index in [1.54, 1.807) is 4.68 Å². The first-order chi connectivity index (χ1) is 17.1. The van der Waals surface area contributed by atoms with Crippen LogP contribution in [0.2, 0.25) is 0 Å². The molecule has 4 aromatic rings. The van der Waals surface area contributed by atoms with Crippen molar-refractivity contribution in [1.82, 2.24) is 34.8 Å². The molecule has 2 saturated carbocycles. The first kappa shape index (κ1) is 21.7. The summed E-state index contributed by atoms with van der Waals surface area (Å²) in [4.78, 5) is 21.6. The van der Waals surface area contributed by atoms with Gasteiger partial charge < -0.3 is 5.32 Å². The summed E-state index contributed by atoms with van der Waals surface area (Å²) in [5.74, 6) is 1.09. The number of carbonyl (C=O) groups is 1. The third kappa shape index (κ3) is 4.73. The van der Waals surface area contributed by atoms with Gasteiger partial charge in [-0.15, -0.1) is 0 Å². The van der Waals surface area contributed by atoms with Crippen molar-refractivity contribution in [2.75, 3.05) is 0 Å². The largest absolute Gasteiger partial charge is 0.353 e. The summed E-state index contributed by atoms with van der Waals surface area (Å²) in [6, 6.07) is 8.97. The molecule has 0 saturated heterocycles. The average molecular weight is 468 g/mol. The minimum atomic E-state index is 0.152. The Morgan fingerprint density at radius 2 is 1.54 bits per heavy atom. The minimum Gasteiger partial charge on any atom is -0.353 e. The number of aryl methyl sites for hydroxylation is 1. The van der Waals surface area contributed by atoms with E-state index in [1.165, 1.54) is 0 Å². The predicted molar refractivity (Wildman–Crippen MR) is 133 cm³/mol. The number of carbonyl (C=O) groups excluding carboxylic acids is 1. The van der Waals surface area contributed by atoms with Gasteiger partial charge in [-0.05, 0) is 50.2 Å². The lowest BCUT2D eigenvalue weighted by Gasteiger charge is -2.28. The highest BCUT2D eigenvalue weighted by Gasteiger charge is 2.31. The van der Waals surface area contributed by atoms with E-state index in [1.807, 2.05) is 50.2 Å². The van der Waals surface area contributed by atoms with Crippen LogP contribution in [0.25, 0.3) is 33.6 Å². The lowest BCUT2D eigenvalue weighted by Crippen LogP contribution is -2.34. The maximum atomic E-state index is 12.4. The van der Waals surface area contributed by atoms with E-state index in [4.69, 9.17) is 0 Å². The van der Waals surface area contributed by atoms with E-state index in [0.717, 1.165) is 66.3 Å². The number of hydrogen-bond acceptors (Lipinski definition) is 5. The molecule has 6 rings (SSSR count). The normalized spacial score (nSPS) is 20.0. The summed E-state index contributed by atoms with van der Waals surface area (Å²) in [6.07, 6.45) is 17.6. The van der Waals surface area contributed by atoms with Crippen molar-refractivity contribution in [2.24, 2.45) is 13.0 Å². The van der Waals surface area contributed by atoms with Gasteiger partial charge in [-0.3, -0.25) is 14.2 Å². The lowest BCUT2D eigenvalue weighted by molar-refractivity contribution is -0.126.